The van der Waals surface area contributed by atoms with Gasteiger partial charge in [-0.25, -0.2) is 4.98 Å². The lowest BCUT2D eigenvalue weighted by Crippen LogP contribution is -1.92. The number of hydrogen-bond donors (Lipinski definition) is 0. The Morgan fingerprint density at radius 1 is 0.415 bits per heavy atom. The van der Waals surface area contributed by atoms with E-state index in [4.69, 9.17) is 4.98 Å². The van der Waals surface area contributed by atoms with Crippen LogP contribution in [0, 0.1) is 0 Å². The van der Waals surface area contributed by atoms with Crippen molar-refractivity contribution in [2.75, 3.05) is 0 Å². The van der Waals surface area contributed by atoms with E-state index in [1.807, 2.05) is 0 Å². The molecular weight excluding hydrogens is 496 g/mol. The molecule has 0 saturated carbocycles. The summed E-state index contributed by atoms with van der Waals surface area (Å²) in [6, 6.07) is 48.8. The first-order valence-electron chi connectivity index (χ1n) is 14.2. The van der Waals surface area contributed by atoms with Crippen LogP contribution in [-0.2, 0) is 0 Å². The van der Waals surface area contributed by atoms with Crippen molar-refractivity contribution in [3.63, 3.8) is 0 Å². The van der Waals surface area contributed by atoms with Gasteiger partial charge in [0.2, 0.25) is 0 Å². The van der Waals surface area contributed by atoms with Gasteiger partial charge >= 0.3 is 0 Å². The summed E-state index contributed by atoms with van der Waals surface area (Å²) in [7, 11) is 0. The summed E-state index contributed by atoms with van der Waals surface area (Å²) < 4.78 is 2.33. The van der Waals surface area contributed by atoms with Crippen molar-refractivity contribution in [2.45, 2.75) is 0 Å². The monoisotopic (exact) mass is 518 g/mol. The molecule has 0 unspecified atom stereocenters. The molecule has 0 bridgehead atoms. The Labute approximate surface area is 235 Å². The van der Waals surface area contributed by atoms with E-state index >= 15 is 0 Å². The SMILES string of the molecule is c1ccc2c(c1)nc1c3cc(-c4ccc5c6cccc7cccc(c8cccc4c85)c76)ccc3c3ccccc3n21. The highest BCUT2D eigenvalue weighted by molar-refractivity contribution is 6.34. The van der Waals surface area contributed by atoms with Gasteiger partial charge in [0.05, 0.1) is 16.6 Å². The van der Waals surface area contributed by atoms with Crippen LogP contribution in [-0.4, -0.2) is 9.38 Å². The van der Waals surface area contributed by atoms with Crippen molar-refractivity contribution in [3.05, 3.63) is 133 Å². The highest BCUT2D eigenvalue weighted by Crippen LogP contribution is 2.44. The summed E-state index contributed by atoms with van der Waals surface area (Å²) in [5.41, 5.74) is 6.81. The maximum Gasteiger partial charge on any atom is 0.146 e. The van der Waals surface area contributed by atoms with Crippen molar-refractivity contribution < 1.29 is 0 Å². The van der Waals surface area contributed by atoms with E-state index in [-0.39, 0.29) is 0 Å². The minimum atomic E-state index is 1.00. The number of aromatic nitrogens is 2. The number of hydrogen-bond acceptors (Lipinski definition) is 1. The fourth-order valence-corrected chi connectivity index (χ4v) is 7.38. The van der Waals surface area contributed by atoms with Crippen LogP contribution in [0.5, 0.6) is 0 Å². The minimum Gasteiger partial charge on any atom is -0.292 e. The van der Waals surface area contributed by atoms with Crippen molar-refractivity contribution in [2.24, 2.45) is 0 Å². The van der Waals surface area contributed by atoms with E-state index in [0.717, 1.165) is 16.7 Å². The van der Waals surface area contributed by atoms with E-state index in [9.17, 15) is 0 Å². The lowest BCUT2D eigenvalue weighted by Gasteiger charge is -2.17. The molecule has 0 aliphatic heterocycles. The molecule has 10 rings (SSSR count). The van der Waals surface area contributed by atoms with Crippen molar-refractivity contribution >= 4 is 81.4 Å². The standard InChI is InChI=1S/C39H22N2/c1-3-16-35-27(10-1)26-19-18-24(22-33(26)39-40-34-15-2-4-17-36(34)41(35)39)25-20-21-32-30-12-6-9-23-8-5-11-29(37(23)30)31-14-7-13-28(25)38(31)32/h1-22H. The number of para-hydroxylation sites is 3. The molecule has 2 nitrogen and oxygen atoms in total. The van der Waals surface area contributed by atoms with Crippen LogP contribution >= 0.6 is 0 Å². The summed E-state index contributed by atoms with van der Waals surface area (Å²) >= 11 is 0. The average Bonchev–Trinajstić information content (AvgIpc) is 3.43. The summed E-state index contributed by atoms with van der Waals surface area (Å²) in [6.07, 6.45) is 0. The van der Waals surface area contributed by atoms with Gasteiger partial charge in [-0.3, -0.25) is 4.40 Å². The van der Waals surface area contributed by atoms with Gasteiger partial charge in [-0.15, -0.1) is 0 Å². The van der Waals surface area contributed by atoms with Crippen LogP contribution in [0.4, 0.5) is 0 Å². The number of nitrogens with zero attached hydrogens (tertiary/aromatic N) is 2. The molecule has 0 N–H and O–H groups in total. The summed E-state index contributed by atoms with van der Waals surface area (Å²) in [5.74, 6) is 0. The summed E-state index contributed by atoms with van der Waals surface area (Å²) in [6.45, 7) is 0. The Morgan fingerprint density at radius 3 is 1.90 bits per heavy atom. The quantitative estimate of drug-likeness (QED) is 0.156. The first-order valence-corrected chi connectivity index (χ1v) is 14.2. The van der Waals surface area contributed by atoms with Gasteiger partial charge in [0.15, 0.2) is 0 Å². The first-order chi connectivity index (χ1) is 20.3. The molecule has 8 aromatic carbocycles. The fraction of sp³-hybridized carbons (Fsp3) is 0. The van der Waals surface area contributed by atoms with E-state index in [0.29, 0.717) is 0 Å². The third kappa shape index (κ3) is 2.69. The third-order valence-electron chi connectivity index (χ3n) is 9.09. The molecule has 2 heterocycles. The molecule has 41 heavy (non-hydrogen) atoms. The zero-order valence-corrected chi connectivity index (χ0v) is 22.1. The Kier molecular flexibility index (Phi) is 3.95. The van der Waals surface area contributed by atoms with Gasteiger partial charge in [0.1, 0.15) is 5.65 Å². The molecule has 0 aliphatic rings. The van der Waals surface area contributed by atoms with Gasteiger partial charge in [-0.1, -0.05) is 109 Å². The molecule has 2 heteroatoms. The van der Waals surface area contributed by atoms with Crippen LogP contribution in [0.25, 0.3) is 92.6 Å². The molecule has 10 aromatic rings. The lowest BCUT2D eigenvalue weighted by atomic mass is 9.87. The van der Waals surface area contributed by atoms with Crippen LogP contribution in [0.2, 0.25) is 0 Å². The molecule has 0 aliphatic carbocycles. The highest BCUT2D eigenvalue weighted by Gasteiger charge is 2.17. The van der Waals surface area contributed by atoms with Crippen LogP contribution in [0.3, 0.4) is 0 Å². The van der Waals surface area contributed by atoms with Crippen LogP contribution < -0.4 is 0 Å². The minimum absolute atomic E-state index is 1.00. The number of imidazole rings is 1. The molecule has 0 amide bonds. The molecule has 0 spiro atoms. The predicted molar refractivity (Wildman–Crippen MR) is 174 cm³/mol. The number of benzene rings is 8. The summed E-state index contributed by atoms with van der Waals surface area (Å²) in [5, 5.41) is 14.2. The molecule has 0 saturated heterocycles. The van der Waals surface area contributed by atoms with Crippen molar-refractivity contribution in [3.8, 4) is 11.1 Å². The Bertz CT molecular complexity index is 2640. The number of rotatable bonds is 1. The zero-order chi connectivity index (χ0) is 26.7. The zero-order valence-electron chi connectivity index (χ0n) is 22.1. The van der Waals surface area contributed by atoms with Gasteiger partial charge in [-0.2, -0.15) is 0 Å². The lowest BCUT2D eigenvalue weighted by molar-refractivity contribution is 1.31. The Hall–Kier alpha value is -5.47. The third-order valence-corrected chi connectivity index (χ3v) is 9.09. The van der Waals surface area contributed by atoms with E-state index in [1.54, 1.807) is 0 Å². The Morgan fingerprint density at radius 2 is 1.05 bits per heavy atom. The number of pyridine rings is 1. The molecular formula is C39H22N2. The van der Waals surface area contributed by atoms with Crippen LogP contribution in [0.15, 0.2) is 133 Å². The van der Waals surface area contributed by atoms with Gasteiger partial charge in [0.25, 0.3) is 0 Å². The largest absolute Gasteiger partial charge is 0.292 e. The fourth-order valence-electron chi connectivity index (χ4n) is 7.38. The summed E-state index contributed by atoms with van der Waals surface area (Å²) in [4.78, 5) is 5.15. The van der Waals surface area contributed by atoms with Gasteiger partial charge < -0.3 is 0 Å². The number of fused-ring (bicyclic) bond motifs is 10. The molecule has 0 radical (unpaired) electrons. The van der Waals surface area contributed by atoms with Crippen molar-refractivity contribution in [1.82, 2.24) is 9.38 Å². The second kappa shape index (κ2) is 7.59. The normalized spacial score (nSPS) is 12.4. The topological polar surface area (TPSA) is 17.3 Å². The van der Waals surface area contributed by atoms with Gasteiger partial charge in [-0.05, 0) is 83.9 Å². The predicted octanol–water partition coefficient (Wildman–Crippen LogP) is 10.5. The van der Waals surface area contributed by atoms with Gasteiger partial charge in [0, 0.05) is 10.8 Å². The first kappa shape index (κ1) is 21.4. The molecule has 0 fully saturated rings. The van der Waals surface area contributed by atoms with Crippen molar-refractivity contribution in [1.29, 1.82) is 0 Å². The molecule has 2 aromatic heterocycles. The van der Waals surface area contributed by atoms with E-state index in [1.165, 1.54) is 75.9 Å². The Balaban J connectivity index is 1.34. The molecule has 188 valence electrons. The average molecular weight is 519 g/mol. The smallest absolute Gasteiger partial charge is 0.146 e. The highest BCUT2D eigenvalue weighted by atomic mass is 15.0. The van der Waals surface area contributed by atoms with E-state index in [2.05, 4.69) is 138 Å². The second-order valence-electron chi connectivity index (χ2n) is 11.1. The maximum atomic E-state index is 5.15. The van der Waals surface area contributed by atoms with E-state index < -0.39 is 0 Å². The maximum absolute atomic E-state index is 5.15. The second-order valence-corrected chi connectivity index (χ2v) is 11.1. The van der Waals surface area contributed by atoms with Crippen LogP contribution in [0.1, 0.15) is 0 Å². The molecule has 0 atom stereocenters.